The van der Waals surface area contributed by atoms with Crippen LogP contribution in [0.1, 0.15) is 18.3 Å². The lowest BCUT2D eigenvalue weighted by molar-refractivity contribution is 0.311. The van der Waals surface area contributed by atoms with Crippen LogP contribution in [-0.4, -0.2) is 34.8 Å². The first-order valence-electron chi connectivity index (χ1n) is 6.15. The summed E-state index contributed by atoms with van der Waals surface area (Å²) in [6, 6.07) is 5.60. The van der Waals surface area contributed by atoms with E-state index in [1.165, 1.54) is 0 Å². The number of hydrogen-bond acceptors (Lipinski definition) is 5. The summed E-state index contributed by atoms with van der Waals surface area (Å²) >= 11 is 5.08. The largest absolute Gasteiger partial charge is 0.493 e. The highest BCUT2D eigenvalue weighted by molar-refractivity contribution is 7.71. The van der Waals surface area contributed by atoms with E-state index in [1.807, 2.05) is 32.0 Å². The maximum atomic E-state index is 5.52. The Hall–Kier alpha value is -2.15. The number of aromatic nitrogens is 3. The van der Waals surface area contributed by atoms with Crippen LogP contribution in [0.25, 0.3) is 0 Å². The standard InChI is InChI=1S/C13H16N4O2S/c1-4-19-12-7-10(5-6-11(12)18-3)8-14-17-9(2)15-16-13(17)20/h5-8H,4H2,1-3H3,(H,16,20)/b14-8-. The average molecular weight is 292 g/mol. The van der Waals surface area contributed by atoms with Gasteiger partial charge in [-0.1, -0.05) is 0 Å². The van der Waals surface area contributed by atoms with E-state index in [1.54, 1.807) is 18.0 Å². The Balaban J connectivity index is 2.30. The zero-order valence-corrected chi connectivity index (χ0v) is 12.4. The van der Waals surface area contributed by atoms with E-state index in [0.717, 1.165) is 5.56 Å². The first-order chi connectivity index (χ1) is 9.65. The molecule has 2 aromatic rings. The van der Waals surface area contributed by atoms with Crippen molar-refractivity contribution in [2.45, 2.75) is 13.8 Å². The third-order valence-electron chi connectivity index (χ3n) is 2.62. The van der Waals surface area contributed by atoms with Gasteiger partial charge in [0.05, 0.1) is 19.9 Å². The van der Waals surface area contributed by atoms with Crippen molar-refractivity contribution in [1.29, 1.82) is 0 Å². The fraction of sp³-hybridized carbons (Fsp3) is 0.308. The van der Waals surface area contributed by atoms with Gasteiger partial charge in [-0.3, -0.25) is 5.10 Å². The van der Waals surface area contributed by atoms with Crippen molar-refractivity contribution in [2.24, 2.45) is 5.10 Å². The fourth-order valence-corrected chi connectivity index (χ4v) is 1.90. The van der Waals surface area contributed by atoms with Gasteiger partial charge in [0.15, 0.2) is 11.5 Å². The summed E-state index contributed by atoms with van der Waals surface area (Å²) < 4.78 is 12.8. The first-order valence-corrected chi connectivity index (χ1v) is 6.55. The van der Waals surface area contributed by atoms with E-state index >= 15 is 0 Å². The quantitative estimate of drug-likeness (QED) is 0.679. The number of benzene rings is 1. The van der Waals surface area contributed by atoms with Gasteiger partial charge in [-0.2, -0.15) is 14.9 Å². The molecule has 0 fully saturated rings. The van der Waals surface area contributed by atoms with Gasteiger partial charge in [0, 0.05) is 0 Å². The van der Waals surface area contributed by atoms with Crippen molar-refractivity contribution in [1.82, 2.24) is 14.9 Å². The summed E-state index contributed by atoms with van der Waals surface area (Å²) in [6.07, 6.45) is 1.69. The van der Waals surface area contributed by atoms with E-state index in [-0.39, 0.29) is 0 Å². The van der Waals surface area contributed by atoms with E-state index in [9.17, 15) is 0 Å². The number of hydrogen-bond donors (Lipinski definition) is 1. The van der Waals surface area contributed by atoms with E-state index in [2.05, 4.69) is 15.3 Å². The van der Waals surface area contributed by atoms with E-state index in [0.29, 0.717) is 28.7 Å². The Labute approximate surface area is 122 Å². The molecule has 0 bridgehead atoms. The number of nitrogens with zero attached hydrogens (tertiary/aromatic N) is 3. The van der Waals surface area contributed by atoms with Gasteiger partial charge in [0.25, 0.3) is 0 Å². The minimum atomic E-state index is 0.456. The summed E-state index contributed by atoms with van der Waals surface area (Å²) in [5, 5.41) is 11.0. The summed E-state index contributed by atoms with van der Waals surface area (Å²) in [4.78, 5) is 0. The number of aromatic amines is 1. The predicted molar refractivity (Wildman–Crippen MR) is 79.3 cm³/mol. The van der Waals surface area contributed by atoms with Gasteiger partial charge in [-0.05, 0) is 49.8 Å². The Morgan fingerprint density at radius 1 is 1.45 bits per heavy atom. The molecule has 2 rings (SSSR count). The highest BCUT2D eigenvalue weighted by atomic mass is 32.1. The smallest absolute Gasteiger partial charge is 0.216 e. The van der Waals surface area contributed by atoms with Crippen LogP contribution in [0.5, 0.6) is 11.5 Å². The topological polar surface area (TPSA) is 64.4 Å². The Bertz CT molecular complexity index is 675. The third-order valence-corrected chi connectivity index (χ3v) is 2.89. The molecule has 0 unspecified atom stereocenters. The number of nitrogens with one attached hydrogen (secondary N) is 1. The molecule has 0 amide bonds. The molecule has 1 aromatic carbocycles. The average Bonchev–Trinajstić information content (AvgIpc) is 2.76. The number of H-pyrrole nitrogens is 1. The van der Waals surface area contributed by atoms with Crippen molar-refractivity contribution in [3.63, 3.8) is 0 Å². The molecule has 7 heteroatoms. The Morgan fingerprint density at radius 3 is 2.85 bits per heavy atom. The maximum Gasteiger partial charge on any atom is 0.216 e. The monoisotopic (exact) mass is 292 g/mol. The molecule has 0 saturated heterocycles. The van der Waals surface area contributed by atoms with Crippen molar-refractivity contribution >= 4 is 18.4 Å². The van der Waals surface area contributed by atoms with E-state index < -0.39 is 0 Å². The number of rotatable bonds is 5. The van der Waals surface area contributed by atoms with Crippen LogP contribution in [0.2, 0.25) is 0 Å². The molecule has 20 heavy (non-hydrogen) atoms. The molecule has 0 spiro atoms. The molecule has 1 N–H and O–H groups in total. The normalized spacial score (nSPS) is 10.9. The number of methoxy groups -OCH3 is 1. The van der Waals surface area contributed by atoms with Crippen LogP contribution in [0.4, 0.5) is 0 Å². The number of ether oxygens (including phenoxy) is 2. The molecule has 1 heterocycles. The van der Waals surface area contributed by atoms with Crippen LogP contribution in [0.15, 0.2) is 23.3 Å². The molecule has 0 saturated carbocycles. The lowest BCUT2D eigenvalue weighted by Crippen LogP contribution is -1.97. The highest BCUT2D eigenvalue weighted by Gasteiger charge is 2.04. The van der Waals surface area contributed by atoms with Crippen molar-refractivity contribution < 1.29 is 9.47 Å². The van der Waals surface area contributed by atoms with Crippen LogP contribution >= 0.6 is 12.2 Å². The first kappa shape index (κ1) is 14.3. The zero-order chi connectivity index (χ0) is 14.5. The van der Waals surface area contributed by atoms with Gasteiger partial charge >= 0.3 is 0 Å². The van der Waals surface area contributed by atoms with Gasteiger partial charge in [-0.15, -0.1) is 0 Å². The predicted octanol–water partition coefficient (Wildman–Crippen LogP) is 2.54. The molecule has 0 aliphatic rings. The van der Waals surface area contributed by atoms with Gasteiger partial charge < -0.3 is 9.47 Å². The summed E-state index contributed by atoms with van der Waals surface area (Å²) in [5.74, 6) is 2.08. The van der Waals surface area contributed by atoms with E-state index in [4.69, 9.17) is 21.7 Å². The van der Waals surface area contributed by atoms with Crippen LogP contribution in [0, 0.1) is 11.7 Å². The maximum absolute atomic E-state index is 5.52. The third kappa shape index (κ3) is 3.05. The number of aryl methyl sites for hydroxylation is 1. The fourth-order valence-electron chi connectivity index (χ4n) is 1.67. The van der Waals surface area contributed by atoms with Gasteiger partial charge in [0.1, 0.15) is 5.82 Å². The van der Waals surface area contributed by atoms with Crippen molar-refractivity contribution in [2.75, 3.05) is 13.7 Å². The van der Waals surface area contributed by atoms with Gasteiger partial charge in [0.2, 0.25) is 4.77 Å². The van der Waals surface area contributed by atoms with Crippen molar-refractivity contribution in [3.8, 4) is 11.5 Å². The van der Waals surface area contributed by atoms with Gasteiger partial charge in [-0.25, -0.2) is 0 Å². The van der Waals surface area contributed by atoms with Crippen molar-refractivity contribution in [3.05, 3.63) is 34.4 Å². The minimum absolute atomic E-state index is 0.456. The van der Waals surface area contributed by atoms with Crippen LogP contribution < -0.4 is 9.47 Å². The molecule has 106 valence electrons. The highest BCUT2D eigenvalue weighted by Crippen LogP contribution is 2.27. The molecule has 1 aromatic heterocycles. The lowest BCUT2D eigenvalue weighted by Gasteiger charge is -2.09. The Morgan fingerprint density at radius 2 is 2.25 bits per heavy atom. The second kappa shape index (κ2) is 6.33. The molecular weight excluding hydrogens is 276 g/mol. The van der Waals surface area contributed by atoms with Crippen LogP contribution in [0.3, 0.4) is 0 Å². The van der Waals surface area contributed by atoms with Crippen LogP contribution in [-0.2, 0) is 0 Å². The second-order valence-electron chi connectivity index (χ2n) is 3.98. The summed E-state index contributed by atoms with van der Waals surface area (Å²) in [7, 11) is 1.61. The molecule has 0 radical (unpaired) electrons. The molecular formula is C13H16N4O2S. The molecule has 0 aliphatic heterocycles. The zero-order valence-electron chi connectivity index (χ0n) is 11.6. The molecule has 6 nitrogen and oxygen atoms in total. The lowest BCUT2D eigenvalue weighted by atomic mass is 10.2. The molecule has 0 aliphatic carbocycles. The summed E-state index contributed by atoms with van der Waals surface area (Å²) in [5.41, 5.74) is 0.886. The second-order valence-corrected chi connectivity index (χ2v) is 4.36. The Kier molecular flexibility index (Phi) is 4.52. The molecule has 0 atom stereocenters. The SMILES string of the molecule is CCOc1cc(/C=N\n2c(C)n[nH]c2=S)ccc1OC. The summed E-state index contributed by atoms with van der Waals surface area (Å²) in [6.45, 7) is 4.32. The minimum Gasteiger partial charge on any atom is -0.493 e.